The number of benzene rings is 2. The van der Waals surface area contributed by atoms with Crippen LogP contribution in [-0.4, -0.2) is 24.1 Å². The lowest BCUT2D eigenvalue weighted by atomic mass is 10.0. The molecule has 0 bridgehead atoms. The molecule has 3 aromatic rings. The van der Waals surface area contributed by atoms with E-state index >= 15 is 0 Å². The summed E-state index contributed by atoms with van der Waals surface area (Å²) >= 11 is 1.50. The first kappa shape index (κ1) is 18.7. The molecule has 2 aromatic carbocycles. The Kier molecular flexibility index (Phi) is 4.87. The fourth-order valence-corrected chi connectivity index (χ4v) is 5.09. The Balaban J connectivity index is 1.34. The number of amides is 1. The molecule has 0 radical (unpaired) electrons. The topological polar surface area (TPSA) is 74.6 Å². The van der Waals surface area contributed by atoms with Crippen LogP contribution in [0.4, 0.5) is 5.00 Å². The quantitative estimate of drug-likeness (QED) is 0.690. The van der Waals surface area contributed by atoms with Crippen molar-refractivity contribution in [3.63, 3.8) is 0 Å². The number of thiophene rings is 1. The molecule has 1 N–H and O–H groups in total. The highest BCUT2D eigenvalue weighted by molar-refractivity contribution is 7.16. The van der Waals surface area contributed by atoms with E-state index < -0.39 is 0 Å². The second-order valence-corrected chi connectivity index (χ2v) is 8.39. The Morgan fingerprint density at radius 2 is 2.00 bits per heavy atom. The van der Waals surface area contributed by atoms with Gasteiger partial charge in [0.1, 0.15) is 11.1 Å². The molecule has 0 saturated carbocycles. The Bertz CT molecular complexity index is 1150. The minimum atomic E-state index is -0.260. The first-order valence-electron chi connectivity index (χ1n) is 9.73. The Morgan fingerprint density at radius 3 is 2.83 bits per heavy atom. The van der Waals surface area contributed by atoms with Crippen LogP contribution in [-0.2, 0) is 19.5 Å². The van der Waals surface area contributed by atoms with Gasteiger partial charge in [0.05, 0.1) is 5.56 Å². The summed E-state index contributed by atoms with van der Waals surface area (Å²) < 4.78 is 10.6. The van der Waals surface area contributed by atoms with Crippen LogP contribution in [0.3, 0.4) is 0 Å². The molecular formula is C23H19N3O3S. The van der Waals surface area contributed by atoms with Crippen molar-refractivity contribution in [3.8, 4) is 17.6 Å². The summed E-state index contributed by atoms with van der Waals surface area (Å²) in [5, 5.41) is 13.3. The van der Waals surface area contributed by atoms with Crippen LogP contribution >= 0.6 is 11.3 Å². The Hall–Kier alpha value is -3.34. The van der Waals surface area contributed by atoms with Crippen molar-refractivity contribution < 1.29 is 14.3 Å². The van der Waals surface area contributed by atoms with E-state index in [-0.39, 0.29) is 12.7 Å². The number of carbonyl (C=O) groups is 1. The highest BCUT2D eigenvalue weighted by Gasteiger charge is 2.26. The van der Waals surface area contributed by atoms with Gasteiger partial charge in [-0.15, -0.1) is 11.3 Å². The number of hydrogen-bond acceptors (Lipinski definition) is 6. The summed E-state index contributed by atoms with van der Waals surface area (Å²) in [5.74, 6) is 0.934. The standard InChI is InChI=1S/C23H19N3O3S/c24-11-18-17-8-9-26(12-15-4-2-1-3-5-15)13-21(17)30-23(18)25-22(27)16-6-7-19-20(10-16)29-14-28-19/h1-7,10H,8-9,12-14H2,(H,25,27). The molecule has 1 aromatic heterocycles. The second kappa shape index (κ2) is 7.82. The van der Waals surface area contributed by atoms with E-state index in [1.807, 2.05) is 18.2 Å². The molecule has 150 valence electrons. The average molecular weight is 417 g/mol. The highest BCUT2D eigenvalue weighted by atomic mass is 32.1. The molecule has 0 spiro atoms. The number of rotatable bonds is 4. The van der Waals surface area contributed by atoms with Gasteiger partial charge >= 0.3 is 0 Å². The molecule has 1 amide bonds. The zero-order chi connectivity index (χ0) is 20.5. The fourth-order valence-electron chi connectivity index (χ4n) is 3.85. The third-order valence-corrected chi connectivity index (χ3v) is 6.49. The van der Waals surface area contributed by atoms with Gasteiger partial charge in [-0.25, -0.2) is 0 Å². The smallest absolute Gasteiger partial charge is 0.256 e. The second-order valence-electron chi connectivity index (χ2n) is 7.29. The van der Waals surface area contributed by atoms with Crippen molar-refractivity contribution in [2.45, 2.75) is 19.5 Å². The van der Waals surface area contributed by atoms with Crippen molar-refractivity contribution in [1.82, 2.24) is 4.90 Å². The Labute approximate surface area is 178 Å². The largest absolute Gasteiger partial charge is 0.454 e. The lowest BCUT2D eigenvalue weighted by molar-refractivity contribution is 0.102. The molecule has 0 fully saturated rings. The molecule has 7 heteroatoms. The van der Waals surface area contributed by atoms with E-state index in [9.17, 15) is 10.1 Å². The number of nitriles is 1. The van der Waals surface area contributed by atoms with Gasteiger partial charge in [-0.2, -0.15) is 5.26 Å². The minimum Gasteiger partial charge on any atom is -0.454 e. The van der Waals surface area contributed by atoms with E-state index in [1.165, 1.54) is 16.9 Å². The maximum absolute atomic E-state index is 12.8. The van der Waals surface area contributed by atoms with Crippen molar-refractivity contribution in [1.29, 1.82) is 5.26 Å². The van der Waals surface area contributed by atoms with E-state index in [0.717, 1.165) is 36.5 Å². The van der Waals surface area contributed by atoms with Crippen LogP contribution < -0.4 is 14.8 Å². The third kappa shape index (κ3) is 3.52. The minimum absolute atomic E-state index is 0.163. The van der Waals surface area contributed by atoms with E-state index in [1.54, 1.807) is 18.2 Å². The molecule has 0 aliphatic carbocycles. The zero-order valence-corrected chi connectivity index (χ0v) is 17.0. The summed E-state index contributed by atoms with van der Waals surface area (Å²) in [4.78, 5) is 16.3. The maximum atomic E-state index is 12.8. The monoisotopic (exact) mass is 417 g/mol. The SMILES string of the molecule is N#Cc1c(NC(=O)c2ccc3c(c2)OCO3)sc2c1CCN(Cc1ccccc1)C2. The average Bonchev–Trinajstić information content (AvgIpc) is 3.37. The van der Waals surface area contributed by atoms with Gasteiger partial charge < -0.3 is 14.8 Å². The Morgan fingerprint density at radius 1 is 1.17 bits per heavy atom. The fraction of sp³-hybridized carbons (Fsp3) is 0.217. The maximum Gasteiger partial charge on any atom is 0.256 e. The lowest BCUT2D eigenvalue weighted by Crippen LogP contribution is -2.29. The van der Waals surface area contributed by atoms with Crippen LogP contribution in [0.2, 0.25) is 0 Å². The highest BCUT2D eigenvalue weighted by Crippen LogP contribution is 2.38. The number of carbonyl (C=O) groups excluding carboxylic acids is 1. The van der Waals surface area contributed by atoms with Crippen molar-refractivity contribution in [2.24, 2.45) is 0 Å². The van der Waals surface area contributed by atoms with Crippen LogP contribution in [0, 0.1) is 11.3 Å². The number of nitrogens with zero attached hydrogens (tertiary/aromatic N) is 2. The molecule has 0 unspecified atom stereocenters. The van der Waals surface area contributed by atoms with Crippen LogP contribution in [0.15, 0.2) is 48.5 Å². The first-order valence-corrected chi connectivity index (χ1v) is 10.5. The number of nitrogens with one attached hydrogen (secondary N) is 1. The predicted molar refractivity (Wildman–Crippen MR) is 114 cm³/mol. The third-order valence-electron chi connectivity index (χ3n) is 5.36. The van der Waals surface area contributed by atoms with E-state index in [2.05, 4.69) is 28.4 Å². The molecule has 30 heavy (non-hydrogen) atoms. The van der Waals surface area contributed by atoms with Gasteiger partial charge in [0, 0.05) is 30.1 Å². The van der Waals surface area contributed by atoms with Crippen LogP contribution in [0.1, 0.15) is 31.9 Å². The van der Waals surface area contributed by atoms with Gasteiger partial charge in [-0.1, -0.05) is 30.3 Å². The summed E-state index contributed by atoms with van der Waals surface area (Å²) in [6, 6.07) is 17.8. The lowest BCUT2D eigenvalue weighted by Gasteiger charge is -2.26. The van der Waals surface area contributed by atoms with Crippen LogP contribution in [0.25, 0.3) is 0 Å². The number of fused-ring (bicyclic) bond motifs is 2. The normalized spacial score (nSPS) is 14.8. The summed E-state index contributed by atoms with van der Waals surface area (Å²) in [7, 11) is 0. The van der Waals surface area contributed by atoms with Gasteiger partial charge in [0.15, 0.2) is 11.5 Å². The number of hydrogen-bond donors (Lipinski definition) is 1. The van der Waals surface area contributed by atoms with Gasteiger partial charge in [-0.05, 0) is 35.7 Å². The van der Waals surface area contributed by atoms with Gasteiger partial charge in [0.2, 0.25) is 6.79 Å². The number of ether oxygens (including phenoxy) is 2. The molecule has 3 heterocycles. The molecular weight excluding hydrogens is 398 g/mol. The first-order chi connectivity index (χ1) is 14.7. The van der Waals surface area contributed by atoms with E-state index in [4.69, 9.17) is 9.47 Å². The molecule has 0 saturated heterocycles. The summed E-state index contributed by atoms with van der Waals surface area (Å²) in [5.41, 5.74) is 3.39. The summed E-state index contributed by atoms with van der Waals surface area (Å²) in [6.07, 6.45) is 0.807. The molecule has 6 nitrogen and oxygen atoms in total. The van der Waals surface area contributed by atoms with Crippen molar-refractivity contribution >= 4 is 22.2 Å². The van der Waals surface area contributed by atoms with Crippen LogP contribution in [0.5, 0.6) is 11.5 Å². The number of anilines is 1. The molecule has 2 aliphatic rings. The predicted octanol–water partition coefficient (Wildman–Crippen LogP) is 4.16. The van der Waals surface area contributed by atoms with Crippen molar-refractivity contribution in [3.05, 3.63) is 75.7 Å². The van der Waals surface area contributed by atoms with Gasteiger partial charge in [0.25, 0.3) is 5.91 Å². The molecule has 5 rings (SSSR count). The summed E-state index contributed by atoms with van der Waals surface area (Å²) in [6.45, 7) is 2.71. The van der Waals surface area contributed by atoms with Gasteiger partial charge in [-0.3, -0.25) is 9.69 Å². The van der Waals surface area contributed by atoms with E-state index in [0.29, 0.717) is 27.6 Å². The van der Waals surface area contributed by atoms with Crippen molar-refractivity contribution in [2.75, 3.05) is 18.7 Å². The zero-order valence-electron chi connectivity index (χ0n) is 16.2. The molecule has 2 aliphatic heterocycles. The molecule has 0 atom stereocenters.